The molecule has 3 aliphatic rings. The molecule has 3 atom stereocenters. The third-order valence-electron chi connectivity index (χ3n) is 7.43. The molecule has 4 rings (SSSR count). The number of amides is 1. The molecule has 6 heteroatoms. The average molecular weight is 391 g/mol. The Morgan fingerprint density at radius 2 is 1.93 bits per heavy atom. The zero-order chi connectivity index (χ0) is 19.6. The highest BCUT2D eigenvalue weighted by Gasteiger charge is 2.59. The standard InChI is InChI=1S/C21H30N2O3S/c1-14-6-7-15(12-17(14)27(25,26)23-10-5-11-23)18(24)22-19-20(2,3)16-8-9-21(19,4)13-16/h6-7,12,16,19H,5,8-11,13H2,1-4H3,(H,22,24)/t16-,19?,21?/m1/s1. The summed E-state index contributed by atoms with van der Waals surface area (Å²) in [6, 6.07) is 5.16. The fraction of sp³-hybridized carbons (Fsp3) is 0.667. The summed E-state index contributed by atoms with van der Waals surface area (Å²) in [6.07, 6.45) is 4.44. The van der Waals surface area contributed by atoms with E-state index >= 15 is 0 Å². The average Bonchev–Trinajstić information content (AvgIpc) is 3.00. The van der Waals surface area contributed by atoms with Gasteiger partial charge in [-0.25, -0.2) is 8.42 Å². The summed E-state index contributed by atoms with van der Waals surface area (Å²) in [6.45, 7) is 9.70. The van der Waals surface area contributed by atoms with Crippen molar-refractivity contribution in [2.75, 3.05) is 13.1 Å². The van der Waals surface area contributed by atoms with Crippen molar-refractivity contribution in [1.29, 1.82) is 0 Å². The zero-order valence-corrected chi connectivity index (χ0v) is 17.5. The summed E-state index contributed by atoms with van der Waals surface area (Å²) in [5.74, 6) is 0.482. The van der Waals surface area contributed by atoms with Gasteiger partial charge in [-0.05, 0) is 67.1 Å². The molecule has 1 N–H and O–H groups in total. The number of aryl methyl sites for hydroxylation is 1. The summed E-state index contributed by atoms with van der Waals surface area (Å²) < 4.78 is 27.1. The predicted molar refractivity (Wildman–Crippen MR) is 105 cm³/mol. The Morgan fingerprint density at radius 1 is 1.22 bits per heavy atom. The van der Waals surface area contributed by atoms with Crippen LogP contribution in [0.3, 0.4) is 0 Å². The highest BCUT2D eigenvalue weighted by Crippen LogP contribution is 2.62. The van der Waals surface area contributed by atoms with Crippen LogP contribution in [0.2, 0.25) is 0 Å². The molecule has 3 fully saturated rings. The van der Waals surface area contributed by atoms with Crippen LogP contribution in [0, 0.1) is 23.7 Å². The van der Waals surface area contributed by atoms with E-state index in [0.29, 0.717) is 30.1 Å². The first-order valence-corrected chi connectivity index (χ1v) is 11.4. The van der Waals surface area contributed by atoms with Gasteiger partial charge in [0.1, 0.15) is 0 Å². The van der Waals surface area contributed by atoms with Crippen LogP contribution in [-0.4, -0.2) is 37.8 Å². The van der Waals surface area contributed by atoms with Gasteiger partial charge in [0.2, 0.25) is 10.0 Å². The van der Waals surface area contributed by atoms with Gasteiger partial charge in [-0.1, -0.05) is 26.8 Å². The molecule has 0 radical (unpaired) electrons. The van der Waals surface area contributed by atoms with Gasteiger partial charge in [-0.15, -0.1) is 0 Å². The highest BCUT2D eigenvalue weighted by molar-refractivity contribution is 7.89. The van der Waals surface area contributed by atoms with Crippen molar-refractivity contribution in [3.05, 3.63) is 29.3 Å². The maximum Gasteiger partial charge on any atom is 0.251 e. The van der Waals surface area contributed by atoms with Crippen molar-refractivity contribution in [2.45, 2.75) is 64.3 Å². The van der Waals surface area contributed by atoms with Crippen molar-refractivity contribution in [3.8, 4) is 0 Å². The molecule has 2 unspecified atom stereocenters. The largest absolute Gasteiger partial charge is 0.348 e. The molecule has 1 aromatic rings. The molecule has 2 bridgehead atoms. The van der Waals surface area contributed by atoms with Crippen molar-refractivity contribution >= 4 is 15.9 Å². The van der Waals surface area contributed by atoms with Gasteiger partial charge in [0.15, 0.2) is 0 Å². The Hall–Kier alpha value is -1.40. The number of sulfonamides is 1. The van der Waals surface area contributed by atoms with E-state index in [9.17, 15) is 13.2 Å². The Morgan fingerprint density at radius 3 is 2.48 bits per heavy atom. The number of nitrogens with zero attached hydrogens (tertiary/aromatic N) is 1. The molecule has 1 aliphatic heterocycles. The summed E-state index contributed by atoms with van der Waals surface area (Å²) in [5, 5.41) is 3.27. The number of hydrogen-bond acceptors (Lipinski definition) is 3. The predicted octanol–water partition coefficient (Wildman–Crippen LogP) is 3.33. The summed E-state index contributed by atoms with van der Waals surface area (Å²) in [5.41, 5.74) is 1.33. The molecule has 1 amide bonds. The van der Waals surface area contributed by atoms with E-state index in [1.54, 1.807) is 25.1 Å². The molecular weight excluding hydrogens is 360 g/mol. The fourth-order valence-corrected chi connectivity index (χ4v) is 7.33. The maximum atomic E-state index is 13.0. The van der Waals surface area contributed by atoms with E-state index in [4.69, 9.17) is 0 Å². The minimum Gasteiger partial charge on any atom is -0.348 e. The van der Waals surface area contributed by atoms with Gasteiger partial charge < -0.3 is 5.32 Å². The lowest BCUT2D eigenvalue weighted by Gasteiger charge is -2.43. The first-order valence-electron chi connectivity index (χ1n) is 9.97. The van der Waals surface area contributed by atoms with Crippen molar-refractivity contribution in [1.82, 2.24) is 9.62 Å². The van der Waals surface area contributed by atoms with Gasteiger partial charge in [0, 0.05) is 24.7 Å². The van der Waals surface area contributed by atoms with E-state index in [1.807, 2.05) is 0 Å². The van der Waals surface area contributed by atoms with Crippen molar-refractivity contribution in [2.24, 2.45) is 16.7 Å². The smallest absolute Gasteiger partial charge is 0.251 e. The van der Waals surface area contributed by atoms with Crippen LogP contribution in [0.25, 0.3) is 0 Å². The van der Waals surface area contributed by atoms with Crippen LogP contribution < -0.4 is 5.32 Å². The topological polar surface area (TPSA) is 66.5 Å². The lowest BCUT2D eigenvalue weighted by atomic mass is 9.68. The van der Waals surface area contributed by atoms with Gasteiger partial charge in [-0.2, -0.15) is 4.31 Å². The number of carbonyl (C=O) groups excluding carboxylic acids is 1. The van der Waals surface area contributed by atoms with Gasteiger partial charge in [0.25, 0.3) is 5.91 Å². The van der Waals surface area contributed by atoms with Crippen LogP contribution in [0.15, 0.2) is 23.1 Å². The lowest BCUT2D eigenvalue weighted by Crippen LogP contribution is -2.52. The van der Waals surface area contributed by atoms with E-state index < -0.39 is 10.0 Å². The Labute approximate surface area is 162 Å². The second kappa shape index (κ2) is 6.05. The number of carbonyl (C=O) groups is 1. The minimum absolute atomic E-state index is 0.0693. The van der Waals surface area contributed by atoms with Gasteiger partial charge in [0.05, 0.1) is 4.90 Å². The SMILES string of the molecule is Cc1ccc(C(=O)NC2C3(C)CC[C@H](C3)C2(C)C)cc1S(=O)(=O)N1CCC1. The molecule has 1 heterocycles. The third-order valence-corrected chi connectivity index (χ3v) is 9.47. The van der Waals surface area contributed by atoms with Crippen LogP contribution in [-0.2, 0) is 10.0 Å². The molecule has 0 spiro atoms. The van der Waals surface area contributed by atoms with Crippen LogP contribution in [0.1, 0.15) is 62.4 Å². The quantitative estimate of drug-likeness (QED) is 0.857. The number of hydrogen-bond donors (Lipinski definition) is 1. The Balaban J connectivity index is 1.61. The fourth-order valence-electron chi connectivity index (χ4n) is 5.56. The Kier molecular flexibility index (Phi) is 4.24. The minimum atomic E-state index is -3.51. The first-order chi connectivity index (χ1) is 12.6. The van der Waals surface area contributed by atoms with E-state index in [1.165, 1.54) is 10.7 Å². The number of nitrogens with one attached hydrogen (secondary N) is 1. The van der Waals surface area contributed by atoms with Gasteiger partial charge >= 0.3 is 0 Å². The molecular formula is C21H30N2O3S. The number of fused-ring (bicyclic) bond motifs is 2. The molecule has 148 valence electrons. The zero-order valence-electron chi connectivity index (χ0n) is 16.7. The van der Waals surface area contributed by atoms with Crippen LogP contribution >= 0.6 is 0 Å². The molecule has 0 aromatic heterocycles. The molecule has 1 aromatic carbocycles. The molecule has 2 saturated carbocycles. The van der Waals surface area contributed by atoms with E-state index in [2.05, 4.69) is 26.1 Å². The van der Waals surface area contributed by atoms with E-state index in [-0.39, 0.29) is 27.7 Å². The number of benzene rings is 1. The van der Waals surface area contributed by atoms with E-state index in [0.717, 1.165) is 19.3 Å². The monoisotopic (exact) mass is 390 g/mol. The Bertz CT molecular complexity index is 884. The van der Waals surface area contributed by atoms with Crippen LogP contribution in [0.5, 0.6) is 0 Å². The molecule has 5 nitrogen and oxygen atoms in total. The first kappa shape index (κ1) is 18.9. The second-order valence-electron chi connectivity index (χ2n) is 9.56. The van der Waals surface area contributed by atoms with Gasteiger partial charge in [-0.3, -0.25) is 4.79 Å². The highest BCUT2D eigenvalue weighted by atomic mass is 32.2. The van der Waals surface area contributed by atoms with Crippen LogP contribution in [0.4, 0.5) is 0 Å². The molecule has 1 saturated heterocycles. The maximum absolute atomic E-state index is 13.0. The third kappa shape index (κ3) is 2.83. The number of rotatable bonds is 4. The summed E-state index contributed by atoms with van der Waals surface area (Å²) in [4.78, 5) is 13.3. The summed E-state index contributed by atoms with van der Waals surface area (Å²) in [7, 11) is -3.51. The molecule has 2 aliphatic carbocycles. The normalized spacial score (nSPS) is 32.3. The van der Waals surface area contributed by atoms with Crippen molar-refractivity contribution < 1.29 is 13.2 Å². The second-order valence-corrected chi connectivity index (χ2v) is 11.5. The lowest BCUT2D eigenvalue weighted by molar-refractivity contribution is 0.0737. The van der Waals surface area contributed by atoms with Crippen molar-refractivity contribution in [3.63, 3.8) is 0 Å². The summed E-state index contributed by atoms with van der Waals surface area (Å²) >= 11 is 0. The molecule has 27 heavy (non-hydrogen) atoms.